The molecule has 0 radical (unpaired) electrons. The van der Waals surface area contributed by atoms with Crippen LogP contribution in [0.15, 0.2) is 12.1 Å². The van der Waals surface area contributed by atoms with E-state index in [0.717, 1.165) is 56.0 Å². The molecule has 5 heteroatoms. The molecule has 0 aromatic heterocycles. The van der Waals surface area contributed by atoms with Gasteiger partial charge >= 0.3 is 0 Å². The lowest BCUT2D eigenvalue weighted by atomic mass is 9.79. The zero-order valence-corrected chi connectivity index (χ0v) is 17.1. The van der Waals surface area contributed by atoms with Gasteiger partial charge in [-0.1, -0.05) is 37.0 Å². The number of aryl methyl sites for hydroxylation is 3. The summed E-state index contributed by atoms with van der Waals surface area (Å²) < 4.78 is 11.4. The number of hydrogen-bond acceptors (Lipinski definition) is 4. The molecule has 1 heterocycles. The predicted molar refractivity (Wildman–Crippen MR) is 107 cm³/mol. The van der Waals surface area contributed by atoms with Crippen molar-refractivity contribution in [3.63, 3.8) is 0 Å². The van der Waals surface area contributed by atoms with Gasteiger partial charge in [0.1, 0.15) is 5.75 Å². The first-order chi connectivity index (χ1) is 13.0. The second kappa shape index (κ2) is 9.07. The average Bonchev–Trinajstić information content (AvgIpc) is 2.67. The van der Waals surface area contributed by atoms with Gasteiger partial charge in [-0.3, -0.25) is 9.69 Å². The molecule has 0 bridgehead atoms. The van der Waals surface area contributed by atoms with Crippen LogP contribution in [0.4, 0.5) is 0 Å². The van der Waals surface area contributed by atoms with Gasteiger partial charge in [0.15, 0.2) is 6.61 Å². The monoisotopic (exact) mass is 374 g/mol. The van der Waals surface area contributed by atoms with Crippen molar-refractivity contribution in [2.75, 3.05) is 39.5 Å². The average molecular weight is 375 g/mol. The highest BCUT2D eigenvalue weighted by molar-refractivity contribution is 5.77. The van der Waals surface area contributed by atoms with Gasteiger partial charge in [-0.15, -0.1) is 0 Å². The fraction of sp³-hybridized carbons (Fsp3) is 0.682. The van der Waals surface area contributed by atoms with E-state index < -0.39 is 0 Å². The van der Waals surface area contributed by atoms with E-state index in [1.807, 2.05) is 13.8 Å². The molecule has 0 atom stereocenters. The highest BCUT2D eigenvalue weighted by Gasteiger charge is 2.38. The number of benzene rings is 1. The van der Waals surface area contributed by atoms with Crippen molar-refractivity contribution in [2.45, 2.75) is 58.4 Å². The molecule has 2 fully saturated rings. The third-order valence-corrected chi connectivity index (χ3v) is 6.03. The third-order valence-electron chi connectivity index (χ3n) is 6.03. The Labute approximate surface area is 163 Å². The molecule has 1 aliphatic heterocycles. The lowest BCUT2D eigenvalue weighted by molar-refractivity contribution is -0.124. The predicted octanol–water partition coefficient (Wildman–Crippen LogP) is 3.14. The molecular formula is C22H34N2O3. The molecule has 3 rings (SSSR count). The number of nitrogens with one attached hydrogen (secondary N) is 1. The Balaban J connectivity index is 1.56. The summed E-state index contributed by atoms with van der Waals surface area (Å²) >= 11 is 0. The Hall–Kier alpha value is -1.59. The Bertz CT molecular complexity index is 624. The Kier molecular flexibility index (Phi) is 6.77. The molecule has 5 nitrogen and oxygen atoms in total. The van der Waals surface area contributed by atoms with Crippen molar-refractivity contribution in [2.24, 2.45) is 0 Å². The molecule has 1 N–H and O–H groups in total. The van der Waals surface area contributed by atoms with Crippen molar-refractivity contribution < 1.29 is 14.3 Å². The third kappa shape index (κ3) is 5.02. The van der Waals surface area contributed by atoms with E-state index in [1.54, 1.807) is 0 Å². The largest absolute Gasteiger partial charge is 0.483 e. The van der Waals surface area contributed by atoms with Crippen molar-refractivity contribution in [1.82, 2.24) is 10.2 Å². The fourth-order valence-electron chi connectivity index (χ4n) is 4.70. The Morgan fingerprint density at radius 2 is 1.74 bits per heavy atom. The van der Waals surface area contributed by atoms with E-state index in [2.05, 4.69) is 29.3 Å². The van der Waals surface area contributed by atoms with E-state index in [1.165, 1.54) is 24.8 Å². The highest BCUT2D eigenvalue weighted by Crippen LogP contribution is 2.34. The molecule has 1 saturated heterocycles. The van der Waals surface area contributed by atoms with Crippen LogP contribution in [0.1, 0.15) is 48.8 Å². The summed E-state index contributed by atoms with van der Waals surface area (Å²) in [6.45, 7) is 10.4. The molecule has 1 aromatic rings. The molecule has 150 valence electrons. The lowest BCUT2D eigenvalue weighted by Gasteiger charge is -2.48. The van der Waals surface area contributed by atoms with Gasteiger partial charge in [0, 0.05) is 25.2 Å². The van der Waals surface area contributed by atoms with Crippen LogP contribution in [0.2, 0.25) is 0 Å². The molecule has 1 amide bonds. The van der Waals surface area contributed by atoms with Crippen molar-refractivity contribution in [1.29, 1.82) is 0 Å². The van der Waals surface area contributed by atoms with E-state index in [4.69, 9.17) is 9.47 Å². The van der Waals surface area contributed by atoms with Crippen LogP contribution < -0.4 is 10.1 Å². The van der Waals surface area contributed by atoms with Gasteiger partial charge in [-0.2, -0.15) is 0 Å². The summed E-state index contributed by atoms with van der Waals surface area (Å²) in [5.41, 5.74) is 3.47. The zero-order valence-electron chi connectivity index (χ0n) is 17.1. The second-order valence-electron chi connectivity index (χ2n) is 8.18. The summed E-state index contributed by atoms with van der Waals surface area (Å²) in [4.78, 5) is 15.0. The van der Waals surface area contributed by atoms with Gasteiger partial charge in [-0.05, 0) is 44.7 Å². The van der Waals surface area contributed by atoms with Crippen molar-refractivity contribution >= 4 is 5.91 Å². The summed E-state index contributed by atoms with van der Waals surface area (Å²) in [7, 11) is 0. The molecular weight excluding hydrogens is 340 g/mol. The SMILES string of the molecule is Cc1cc(C)c(OCC(=O)NCC2(N3CCOCC3)CCCCC2)c(C)c1. The van der Waals surface area contributed by atoms with Crippen molar-refractivity contribution in [3.8, 4) is 5.75 Å². The van der Waals surface area contributed by atoms with Crippen LogP contribution in [-0.4, -0.2) is 55.8 Å². The maximum atomic E-state index is 12.5. The van der Waals surface area contributed by atoms with E-state index >= 15 is 0 Å². The van der Waals surface area contributed by atoms with Gasteiger partial charge in [0.2, 0.25) is 0 Å². The van der Waals surface area contributed by atoms with Crippen LogP contribution in [0.3, 0.4) is 0 Å². The summed E-state index contributed by atoms with van der Waals surface area (Å²) in [5, 5.41) is 3.16. The van der Waals surface area contributed by atoms with Crippen LogP contribution in [0.25, 0.3) is 0 Å². The molecule has 0 unspecified atom stereocenters. The Morgan fingerprint density at radius 3 is 2.37 bits per heavy atom. The van der Waals surface area contributed by atoms with Gasteiger partial charge < -0.3 is 14.8 Å². The summed E-state index contributed by atoms with van der Waals surface area (Å²) in [5.74, 6) is 0.795. The van der Waals surface area contributed by atoms with Crippen molar-refractivity contribution in [3.05, 3.63) is 28.8 Å². The number of amides is 1. The number of morpholine rings is 1. The normalized spacial score (nSPS) is 20.3. The molecule has 0 spiro atoms. The van der Waals surface area contributed by atoms with Crippen LogP contribution in [0, 0.1) is 20.8 Å². The van der Waals surface area contributed by atoms with E-state index in [0.29, 0.717) is 6.54 Å². The van der Waals surface area contributed by atoms with Gasteiger partial charge in [-0.25, -0.2) is 0 Å². The van der Waals surface area contributed by atoms with E-state index in [9.17, 15) is 4.79 Å². The summed E-state index contributed by atoms with van der Waals surface area (Å²) in [6, 6.07) is 4.19. The number of carbonyl (C=O) groups is 1. The van der Waals surface area contributed by atoms with E-state index in [-0.39, 0.29) is 18.1 Å². The molecule has 27 heavy (non-hydrogen) atoms. The fourth-order valence-corrected chi connectivity index (χ4v) is 4.70. The minimum Gasteiger partial charge on any atom is -0.483 e. The Morgan fingerprint density at radius 1 is 1.11 bits per heavy atom. The lowest BCUT2D eigenvalue weighted by Crippen LogP contribution is -2.60. The number of rotatable bonds is 6. The smallest absolute Gasteiger partial charge is 0.258 e. The minimum absolute atomic E-state index is 0.0346. The maximum Gasteiger partial charge on any atom is 0.258 e. The van der Waals surface area contributed by atoms with Gasteiger partial charge in [0.05, 0.1) is 13.2 Å². The number of nitrogens with zero attached hydrogens (tertiary/aromatic N) is 1. The molecule has 1 saturated carbocycles. The first-order valence-electron chi connectivity index (χ1n) is 10.3. The van der Waals surface area contributed by atoms with Crippen LogP contribution in [-0.2, 0) is 9.53 Å². The minimum atomic E-state index is -0.0346. The van der Waals surface area contributed by atoms with Gasteiger partial charge in [0.25, 0.3) is 5.91 Å². The second-order valence-corrected chi connectivity index (χ2v) is 8.18. The summed E-state index contributed by atoms with van der Waals surface area (Å²) in [6.07, 6.45) is 6.10. The molecule has 1 aliphatic carbocycles. The number of carbonyl (C=O) groups excluding carboxylic acids is 1. The molecule has 1 aromatic carbocycles. The standard InChI is InChI=1S/C22H34N2O3/c1-17-13-18(2)21(19(3)14-17)27-15-20(25)23-16-22(7-5-4-6-8-22)24-9-11-26-12-10-24/h13-14H,4-12,15-16H2,1-3H3,(H,23,25). The number of hydrogen-bond donors (Lipinski definition) is 1. The first kappa shape index (κ1) is 20.2. The van der Waals surface area contributed by atoms with Crippen LogP contribution >= 0.6 is 0 Å². The maximum absolute atomic E-state index is 12.5. The quantitative estimate of drug-likeness (QED) is 0.831. The number of ether oxygens (including phenoxy) is 2. The van der Waals surface area contributed by atoms with Crippen LogP contribution in [0.5, 0.6) is 5.75 Å². The highest BCUT2D eigenvalue weighted by atomic mass is 16.5. The first-order valence-corrected chi connectivity index (χ1v) is 10.3. The zero-order chi connectivity index (χ0) is 19.3. The molecule has 2 aliphatic rings. The topological polar surface area (TPSA) is 50.8 Å².